The molecule has 1 unspecified atom stereocenters. The van der Waals surface area contributed by atoms with E-state index in [-0.39, 0.29) is 17.6 Å². The third kappa shape index (κ3) is 2.26. The molecular formula is C14H18N2O2. The van der Waals surface area contributed by atoms with Crippen molar-refractivity contribution in [2.24, 2.45) is 0 Å². The number of phenols is 1. The Kier molecular flexibility index (Phi) is 3.06. The van der Waals surface area contributed by atoms with Gasteiger partial charge >= 0.3 is 0 Å². The van der Waals surface area contributed by atoms with Crippen molar-refractivity contribution in [3.8, 4) is 5.75 Å². The van der Waals surface area contributed by atoms with Crippen molar-refractivity contribution in [1.82, 2.24) is 9.80 Å². The summed E-state index contributed by atoms with van der Waals surface area (Å²) in [4.78, 5) is 17.0. The van der Waals surface area contributed by atoms with Crippen molar-refractivity contribution in [3.63, 3.8) is 0 Å². The predicted octanol–water partition coefficient (Wildman–Crippen LogP) is 0.504. The van der Waals surface area contributed by atoms with Crippen LogP contribution in [0, 0.1) is 0 Å². The maximum absolute atomic E-state index is 12.3. The molecule has 3 aliphatic rings. The number of carbonyl (C=O) groups excluding carboxylic acids is 1. The van der Waals surface area contributed by atoms with Gasteiger partial charge in [0.1, 0.15) is 5.75 Å². The summed E-state index contributed by atoms with van der Waals surface area (Å²) in [5.41, 5.74) is 0.901. The number of rotatable bonds is 3. The number of carbonyl (C=O) groups is 1. The summed E-state index contributed by atoms with van der Waals surface area (Å²) in [6.07, 6.45) is 0.420. The Labute approximate surface area is 107 Å². The Morgan fingerprint density at radius 3 is 2.67 bits per heavy atom. The van der Waals surface area contributed by atoms with Crippen molar-refractivity contribution in [1.29, 1.82) is 0 Å². The summed E-state index contributed by atoms with van der Waals surface area (Å²) >= 11 is 0. The molecule has 1 aromatic carbocycles. The summed E-state index contributed by atoms with van der Waals surface area (Å²) in [6, 6.07) is 7.04. The summed E-state index contributed by atoms with van der Waals surface area (Å²) in [6.45, 7) is 5.08. The Morgan fingerprint density at radius 2 is 2.06 bits per heavy atom. The van der Waals surface area contributed by atoms with Gasteiger partial charge in [-0.25, -0.2) is 0 Å². The van der Waals surface area contributed by atoms with E-state index in [1.165, 1.54) is 0 Å². The molecule has 2 bridgehead atoms. The van der Waals surface area contributed by atoms with Crippen molar-refractivity contribution < 1.29 is 9.90 Å². The number of hydrogen-bond donors (Lipinski definition) is 1. The lowest BCUT2D eigenvalue weighted by Gasteiger charge is -2.46. The van der Waals surface area contributed by atoms with Gasteiger partial charge in [-0.3, -0.25) is 14.6 Å². The van der Waals surface area contributed by atoms with Gasteiger partial charge in [-0.2, -0.15) is 0 Å². The van der Waals surface area contributed by atoms with Crippen LogP contribution in [0.5, 0.6) is 5.75 Å². The first kappa shape index (κ1) is 11.7. The van der Waals surface area contributed by atoms with Gasteiger partial charge in [-0.15, -0.1) is 0 Å². The minimum Gasteiger partial charge on any atom is -0.508 e. The molecule has 3 fully saturated rings. The minimum absolute atomic E-state index is 0.0508. The van der Waals surface area contributed by atoms with Crippen LogP contribution in [-0.4, -0.2) is 59.5 Å². The molecule has 0 spiro atoms. The summed E-state index contributed by atoms with van der Waals surface area (Å²) < 4.78 is 0. The molecule has 3 aliphatic heterocycles. The molecule has 0 saturated carbocycles. The molecule has 4 heteroatoms. The highest BCUT2D eigenvalue weighted by Gasteiger charge is 2.35. The molecule has 96 valence electrons. The molecule has 4 nitrogen and oxygen atoms in total. The normalized spacial score (nSPS) is 30.3. The van der Waals surface area contributed by atoms with Gasteiger partial charge in [-0.1, -0.05) is 12.1 Å². The average molecular weight is 246 g/mol. The topological polar surface area (TPSA) is 43.8 Å². The number of ketones is 1. The number of benzene rings is 1. The van der Waals surface area contributed by atoms with Gasteiger partial charge in [0, 0.05) is 39.1 Å². The summed E-state index contributed by atoms with van der Waals surface area (Å²) in [5.74, 6) is 0.500. The van der Waals surface area contributed by atoms with Gasteiger partial charge in [0.05, 0.1) is 6.04 Å². The van der Waals surface area contributed by atoms with Gasteiger partial charge < -0.3 is 5.11 Å². The van der Waals surface area contributed by atoms with Gasteiger partial charge in [0.2, 0.25) is 0 Å². The zero-order valence-corrected chi connectivity index (χ0v) is 10.4. The average Bonchev–Trinajstić information content (AvgIpc) is 2.40. The second-order valence-corrected chi connectivity index (χ2v) is 5.17. The second kappa shape index (κ2) is 4.71. The van der Waals surface area contributed by atoms with E-state index in [0.29, 0.717) is 6.42 Å². The molecule has 0 radical (unpaired) electrons. The Bertz CT molecular complexity index is 453. The molecule has 0 aliphatic carbocycles. The third-order valence-corrected chi connectivity index (χ3v) is 3.94. The monoisotopic (exact) mass is 246 g/mol. The summed E-state index contributed by atoms with van der Waals surface area (Å²) in [7, 11) is 0. The van der Waals surface area contributed by atoms with Gasteiger partial charge in [-0.05, 0) is 17.7 Å². The molecule has 3 heterocycles. The number of hydrogen-bond acceptors (Lipinski definition) is 4. The highest BCUT2D eigenvalue weighted by Crippen LogP contribution is 2.19. The smallest absolute Gasteiger partial charge is 0.155 e. The summed E-state index contributed by atoms with van der Waals surface area (Å²) in [5, 5.41) is 9.41. The van der Waals surface area contributed by atoms with Crippen LogP contribution < -0.4 is 0 Å². The van der Waals surface area contributed by atoms with E-state index in [9.17, 15) is 9.90 Å². The SMILES string of the molecule is O=C(Cc1cccc(O)c1)C1CN2CCN1CC2. The molecule has 1 atom stereocenters. The lowest BCUT2D eigenvalue weighted by atomic mass is 9.98. The minimum atomic E-state index is 0.0508. The van der Waals surface area contributed by atoms with Crippen LogP contribution in [0.1, 0.15) is 5.56 Å². The quantitative estimate of drug-likeness (QED) is 0.843. The molecule has 4 rings (SSSR count). The number of nitrogens with zero attached hydrogens (tertiary/aromatic N) is 2. The van der Waals surface area contributed by atoms with E-state index in [1.807, 2.05) is 6.07 Å². The molecule has 1 aromatic rings. The van der Waals surface area contributed by atoms with Crippen molar-refractivity contribution in [3.05, 3.63) is 29.8 Å². The fourth-order valence-corrected chi connectivity index (χ4v) is 2.91. The highest BCUT2D eigenvalue weighted by atomic mass is 16.3. The first-order valence-electron chi connectivity index (χ1n) is 6.49. The van der Waals surface area contributed by atoms with Crippen molar-refractivity contribution in [2.75, 3.05) is 32.7 Å². The zero-order valence-electron chi connectivity index (χ0n) is 10.4. The molecule has 3 saturated heterocycles. The van der Waals surface area contributed by atoms with E-state index < -0.39 is 0 Å². The fourth-order valence-electron chi connectivity index (χ4n) is 2.91. The van der Waals surface area contributed by atoms with Gasteiger partial charge in [0.25, 0.3) is 0 Å². The van der Waals surface area contributed by atoms with Crippen LogP contribution >= 0.6 is 0 Å². The molecule has 1 N–H and O–H groups in total. The first-order chi connectivity index (χ1) is 8.72. The lowest BCUT2D eigenvalue weighted by molar-refractivity contribution is -0.128. The van der Waals surface area contributed by atoms with E-state index in [4.69, 9.17) is 0 Å². The van der Waals surface area contributed by atoms with Crippen LogP contribution in [0.4, 0.5) is 0 Å². The Balaban J connectivity index is 1.68. The van der Waals surface area contributed by atoms with Gasteiger partial charge in [0.15, 0.2) is 5.78 Å². The number of aromatic hydroxyl groups is 1. The molecule has 0 amide bonds. The van der Waals surface area contributed by atoms with Crippen LogP contribution in [0.15, 0.2) is 24.3 Å². The molecule has 18 heavy (non-hydrogen) atoms. The Morgan fingerprint density at radius 1 is 1.28 bits per heavy atom. The van der Waals surface area contributed by atoms with Crippen LogP contribution in [0.2, 0.25) is 0 Å². The second-order valence-electron chi connectivity index (χ2n) is 5.17. The zero-order chi connectivity index (χ0) is 12.5. The third-order valence-electron chi connectivity index (χ3n) is 3.94. The molecular weight excluding hydrogens is 228 g/mol. The highest BCUT2D eigenvalue weighted by molar-refractivity contribution is 5.86. The predicted molar refractivity (Wildman–Crippen MR) is 68.6 cm³/mol. The molecule has 0 aromatic heterocycles. The van der Waals surface area contributed by atoms with E-state index >= 15 is 0 Å². The van der Waals surface area contributed by atoms with E-state index in [0.717, 1.165) is 38.3 Å². The van der Waals surface area contributed by atoms with Crippen LogP contribution in [0.25, 0.3) is 0 Å². The number of fused-ring (bicyclic) bond motifs is 3. The number of Topliss-reactive ketones (excluding diaryl/α,β-unsaturated/α-hetero) is 1. The first-order valence-corrected chi connectivity index (χ1v) is 6.49. The Hall–Kier alpha value is -1.39. The van der Waals surface area contributed by atoms with Crippen LogP contribution in [0.3, 0.4) is 0 Å². The largest absolute Gasteiger partial charge is 0.508 e. The standard InChI is InChI=1S/C14H18N2O2/c17-12-3-1-2-11(8-12)9-14(18)13-10-15-4-6-16(13)7-5-15/h1-3,8,13,17H,4-7,9-10H2. The number of piperazine rings is 3. The maximum Gasteiger partial charge on any atom is 0.155 e. The maximum atomic E-state index is 12.3. The van der Waals surface area contributed by atoms with E-state index in [1.54, 1.807) is 18.2 Å². The fraction of sp³-hybridized carbons (Fsp3) is 0.500. The van der Waals surface area contributed by atoms with Crippen molar-refractivity contribution >= 4 is 5.78 Å². The van der Waals surface area contributed by atoms with Crippen LogP contribution in [-0.2, 0) is 11.2 Å². The lowest BCUT2D eigenvalue weighted by Crippen LogP contribution is -2.63. The van der Waals surface area contributed by atoms with Crippen molar-refractivity contribution in [2.45, 2.75) is 12.5 Å². The number of phenolic OH excluding ortho intramolecular Hbond substituents is 1. The van der Waals surface area contributed by atoms with E-state index in [2.05, 4.69) is 9.80 Å².